The van der Waals surface area contributed by atoms with Crippen molar-refractivity contribution in [2.75, 3.05) is 19.0 Å². The van der Waals surface area contributed by atoms with E-state index >= 15 is 0 Å². The van der Waals surface area contributed by atoms with Crippen LogP contribution in [0.25, 0.3) is 6.08 Å². The highest BCUT2D eigenvalue weighted by molar-refractivity contribution is 9.10. The van der Waals surface area contributed by atoms with Crippen LogP contribution in [0.2, 0.25) is 0 Å². The van der Waals surface area contributed by atoms with Crippen LogP contribution in [0.3, 0.4) is 0 Å². The molecule has 136 valence electrons. The molecule has 27 heavy (non-hydrogen) atoms. The molecular weight excluding hydrogens is 410 g/mol. The van der Waals surface area contributed by atoms with Crippen molar-refractivity contribution in [1.82, 2.24) is 0 Å². The van der Waals surface area contributed by atoms with E-state index in [4.69, 9.17) is 14.7 Å². The summed E-state index contributed by atoms with van der Waals surface area (Å²) in [6.45, 7) is 1.74. The van der Waals surface area contributed by atoms with Crippen molar-refractivity contribution in [2.45, 2.75) is 6.92 Å². The van der Waals surface area contributed by atoms with E-state index < -0.39 is 5.91 Å². The second-order valence-corrected chi connectivity index (χ2v) is 6.27. The molecule has 0 bridgehead atoms. The Balaban J connectivity index is 2.33. The third-order valence-electron chi connectivity index (χ3n) is 3.60. The highest BCUT2D eigenvalue weighted by Crippen LogP contribution is 2.37. The lowest BCUT2D eigenvalue weighted by Crippen LogP contribution is -2.14. The van der Waals surface area contributed by atoms with Gasteiger partial charge in [0.05, 0.1) is 11.6 Å². The third-order valence-corrected chi connectivity index (χ3v) is 4.19. The fraction of sp³-hybridized carbons (Fsp3) is 0.150. The van der Waals surface area contributed by atoms with Crippen LogP contribution in [0.15, 0.2) is 46.4 Å². The molecule has 1 amide bonds. The van der Waals surface area contributed by atoms with Crippen LogP contribution in [0.1, 0.15) is 11.1 Å². The molecule has 0 heterocycles. The molecular formula is C20H16BrN3O3. The number of halogens is 1. The van der Waals surface area contributed by atoms with Crippen LogP contribution < -0.4 is 14.8 Å². The number of rotatable bonds is 6. The molecule has 0 spiro atoms. The smallest absolute Gasteiger partial charge is 0.266 e. The molecule has 0 aromatic heterocycles. The Bertz CT molecular complexity index is 971. The molecule has 6 nitrogen and oxygen atoms in total. The van der Waals surface area contributed by atoms with Crippen LogP contribution in [-0.4, -0.2) is 19.6 Å². The number of nitriles is 2. The number of methoxy groups -OCH3 is 1. The molecule has 0 radical (unpaired) electrons. The van der Waals surface area contributed by atoms with Gasteiger partial charge in [-0.2, -0.15) is 10.5 Å². The number of carbonyl (C=O) groups is 1. The summed E-state index contributed by atoms with van der Waals surface area (Å²) in [5, 5.41) is 20.8. The van der Waals surface area contributed by atoms with Crippen molar-refractivity contribution < 1.29 is 14.3 Å². The standard InChI is InChI=1S/C20H16BrN3O3/c1-13-5-3-4-6-17(13)24-20(25)15(12-23)9-14-10-16(21)19(27-8-7-22)18(11-14)26-2/h3-6,9-11H,8H2,1-2H3,(H,24,25)/b15-9-. The van der Waals surface area contributed by atoms with Crippen molar-refractivity contribution in [3.63, 3.8) is 0 Å². The average Bonchev–Trinajstić information content (AvgIpc) is 2.66. The first-order valence-corrected chi connectivity index (χ1v) is 8.65. The van der Waals surface area contributed by atoms with Gasteiger partial charge in [0.25, 0.3) is 5.91 Å². The first-order valence-electron chi connectivity index (χ1n) is 7.86. The van der Waals surface area contributed by atoms with Crippen molar-refractivity contribution in [2.24, 2.45) is 0 Å². The first-order chi connectivity index (χ1) is 13.0. The summed E-state index contributed by atoms with van der Waals surface area (Å²) < 4.78 is 11.2. The van der Waals surface area contributed by atoms with Gasteiger partial charge in [-0.15, -0.1) is 0 Å². The molecule has 0 aliphatic carbocycles. The summed E-state index contributed by atoms with van der Waals surface area (Å²) in [5.74, 6) is 0.244. The summed E-state index contributed by atoms with van der Waals surface area (Å²) >= 11 is 3.35. The van der Waals surface area contributed by atoms with Crippen LogP contribution in [0, 0.1) is 29.6 Å². The maximum absolute atomic E-state index is 12.4. The van der Waals surface area contributed by atoms with E-state index in [1.54, 1.807) is 24.3 Å². The van der Waals surface area contributed by atoms with Gasteiger partial charge in [-0.3, -0.25) is 4.79 Å². The first kappa shape index (κ1) is 20.0. The zero-order valence-electron chi connectivity index (χ0n) is 14.7. The number of benzene rings is 2. The maximum Gasteiger partial charge on any atom is 0.266 e. The molecule has 0 aliphatic heterocycles. The van der Waals surface area contributed by atoms with Gasteiger partial charge in [0.2, 0.25) is 0 Å². The zero-order chi connectivity index (χ0) is 19.8. The van der Waals surface area contributed by atoms with Crippen LogP contribution in [0.4, 0.5) is 5.69 Å². The minimum absolute atomic E-state index is 0.0575. The Hall–Kier alpha value is -3.29. The third kappa shape index (κ3) is 5.10. The summed E-state index contributed by atoms with van der Waals surface area (Å²) in [5.41, 5.74) is 2.05. The van der Waals surface area contributed by atoms with E-state index in [2.05, 4.69) is 21.2 Å². The number of hydrogen-bond donors (Lipinski definition) is 1. The van der Waals surface area contributed by atoms with E-state index in [0.29, 0.717) is 27.2 Å². The Morgan fingerprint density at radius 3 is 2.67 bits per heavy atom. The number of ether oxygens (including phenoxy) is 2. The van der Waals surface area contributed by atoms with Crippen molar-refractivity contribution in [3.8, 4) is 23.6 Å². The molecule has 7 heteroatoms. The van der Waals surface area contributed by atoms with Gasteiger partial charge in [-0.05, 0) is 58.3 Å². The van der Waals surface area contributed by atoms with Crippen molar-refractivity contribution in [1.29, 1.82) is 10.5 Å². The number of aryl methyl sites for hydroxylation is 1. The SMILES string of the molecule is COc1cc(/C=C(/C#N)C(=O)Nc2ccccc2C)cc(Br)c1OCC#N. The second kappa shape index (κ2) is 9.42. The van der Waals surface area contributed by atoms with E-state index in [-0.39, 0.29) is 12.2 Å². The van der Waals surface area contributed by atoms with E-state index in [0.717, 1.165) is 5.56 Å². The molecule has 0 unspecified atom stereocenters. The fourth-order valence-corrected chi connectivity index (χ4v) is 2.86. The number of para-hydroxylation sites is 1. The molecule has 1 N–H and O–H groups in total. The summed E-state index contributed by atoms with van der Waals surface area (Å²) in [7, 11) is 1.46. The Labute approximate surface area is 165 Å². The topological polar surface area (TPSA) is 95.1 Å². The van der Waals surface area contributed by atoms with Gasteiger partial charge in [-0.1, -0.05) is 18.2 Å². The zero-order valence-corrected chi connectivity index (χ0v) is 16.3. The number of nitrogens with one attached hydrogen (secondary N) is 1. The quantitative estimate of drug-likeness (QED) is 0.552. The van der Waals surface area contributed by atoms with Gasteiger partial charge in [0.1, 0.15) is 17.7 Å². The summed E-state index contributed by atoms with van der Waals surface area (Å²) in [6, 6.07) is 14.4. The Morgan fingerprint density at radius 2 is 2.04 bits per heavy atom. The summed E-state index contributed by atoms with van der Waals surface area (Å²) in [6.07, 6.45) is 1.45. The number of amides is 1. The lowest BCUT2D eigenvalue weighted by Gasteiger charge is -2.12. The number of nitrogens with zero attached hydrogens (tertiary/aromatic N) is 2. The monoisotopic (exact) mass is 425 g/mol. The van der Waals surface area contributed by atoms with E-state index in [9.17, 15) is 10.1 Å². The second-order valence-electron chi connectivity index (χ2n) is 5.42. The molecule has 0 aliphatic rings. The maximum atomic E-state index is 12.4. The van der Waals surface area contributed by atoms with Crippen molar-refractivity contribution >= 4 is 33.6 Å². The highest BCUT2D eigenvalue weighted by Gasteiger charge is 2.14. The fourth-order valence-electron chi connectivity index (χ4n) is 2.29. The highest BCUT2D eigenvalue weighted by atomic mass is 79.9. The largest absolute Gasteiger partial charge is 0.493 e. The Kier molecular flexibility index (Phi) is 6.99. The normalized spacial score (nSPS) is 10.5. The number of anilines is 1. The predicted molar refractivity (Wildman–Crippen MR) is 105 cm³/mol. The van der Waals surface area contributed by atoms with Gasteiger partial charge >= 0.3 is 0 Å². The van der Waals surface area contributed by atoms with Crippen LogP contribution in [0.5, 0.6) is 11.5 Å². The van der Waals surface area contributed by atoms with Gasteiger partial charge in [-0.25, -0.2) is 0 Å². The van der Waals surface area contributed by atoms with E-state index in [1.807, 2.05) is 31.2 Å². The molecule has 2 aromatic carbocycles. The van der Waals surface area contributed by atoms with E-state index in [1.165, 1.54) is 13.2 Å². The molecule has 2 rings (SSSR count). The lowest BCUT2D eigenvalue weighted by atomic mass is 10.1. The number of carbonyl (C=O) groups excluding carboxylic acids is 1. The molecule has 0 fully saturated rings. The van der Waals surface area contributed by atoms with Gasteiger partial charge in [0, 0.05) is 5.69 Å². The van der Waals surface area contributed by atoms with Crippen LogP contribution >= 0.6 is 15.9 Å². The molecule has 0 saturated heterocycles. The minimum atomic E-state index is -0.508. The lowest BCUT2D eigenvalue weighted by molar-refractivity contribution is -0.112. The average molecular weight is 426 g/mol. The molecule has 0 atom stereocenters. The van der Waals surface area contributed by atoms with Crippen LogP contribution in [-0.2, 0) is 4.79 Å². The minimum Gasteiger partial charge on any atom is -0.493 e. The predicted octanol–water partition coefficient (Wildman–Crippen LogP) is 4.21. The molecule has 2 aromatic rings. The molecule has 0 saturated carbocycles. The van der Waals surface area contributed by atoms with Gasteiger partial charge in [0.15, 0.2) is 18.1 Å². The van der Waals surface area contributed by atoms with Crippen molar-refractivity contribution in [3.05, 3.63) is 57.6 Å². The summed E-state index contributed by atoms with van der Waals surface area (Å²) in [4.78, 5) is 12.4. The Morgan fingerprint density at radius 1 is 1.30 bits per heavy atom. The van der Waals surface area contributed by atoms with Gasteiger partial charge < -0.3 is 14.8 Å². The number of hydrogen-bond acceptors (Lipinski definition) is 5.